The number of rotatable bonds is 3. The number of alkyl halides is 3. The Labute approximate surface area is 117 Å². The molecule has 0 aliphatic heterocycles. The lowest BCUT2D eigenvalue weighted by molar-refractivity contribution is -0.137. The molecule has 0 spiro atoms. The highest BCUT2D eigenvalue weighted by Gasteiger charge is 2.33. The third kappa shape index (κ3) is 2.96. The van der Waals surface area contributed by atoms with Crippen molar-refractivity contribution in [1.82, 2.24) is 4.98 Å². The molecule has 21 heavy (non-hydrogen) atoms. The minimum atomic E-state index is -4.54. The SMILES string of the molecule is COc1ncc(-c2ccccc2C(F)(F)F)cc1C(=O)O. The van der Waals surface area contributed by atoms with Gasteiger partial charge in [0, 0.05) is 11.8 Å². The van der Waals surface area contributed by atoms with Crippen molar-refractivity contribution >= 4 is 5.97 Å². The van der Waals surface area contributed by atoms with Gasteiger partial charge in [-0.1, -0.05) is 18.2 Å². The van der Waals surface area contributed by atoms with Gasteiger partial charge in [0.1, 0.15) is 5.56 Å². The second kappa shape index (κ2) is 5.43. The van der Waals surface area contributed by atoms with Gasteiger partial charge in [0.05, 0.1) is 12.7 Å². The molecule has 110 valence electrons. The average molecular weight is 297 g/mol. The molecule has 0 radical (unpaired) electrons. The van der Waals surface area contributed by atoms with Gasteiger partial charge in [-0.3, -0.25) is 0 Å². The van der Waals surface area contributed by atoms with E-state index >= 15 is 0 Å². The van der Waals surface area contributed by atoms with Crippen LogP contribution < -0.4 is 4.74 Å². The number of aromatic carboxylic acids is 1. The molecule has 1 aromatic heterocycles. The van der Waals surface area contributed by atoms with Gasteiger partial charge in [-0.05, 0) is 17.7 Å². The molecular weight excluding hydrogens is 287 g/mol. The first-order chi connectivity index (χ1) is 9.84. The van der Waals surface area contributed by atoms with E-state index < -0.39 is 17.7 Å². The molecule has 0 atom stereocenters. The molecule has 0 unspecified atom stereocenters. The Hall–Kier alpha value is -2.57. The third-order valence-corrected chi connectivity index (χ3v) is 2.82. The molecule has 7 heteroatoms. The Morgan fingerprint density at radius 2 is 1.95 bits per heavy atom. The number of hydrogen-bond acceptors (Lipinski definition) is 3. The lowest BCUT2D eigenvalue weighted by Gasteiger charge is -2.13. The Balaban J connectivity index is 2.63. The molecule has 0 amide bonds. The summed E-state index contributed by atoms with van der Waals surface area (Å²) >= 11 is 0. The zero-order valence-corrected chi connectivity index (χ0v) is 10.8. The van der Waals surface area contributed by atoms with Crippen LogP contribution in [0.3, 0.4) is 0 Å². The van der Waals surface area contributed by atoms with Crippen molar-refractivity contribution in [1.29, 1.82) is 0 Å². The number of benzene rings is 1. The van der Waals surface area contributed by atoms with Gasteiger partial charge in [-0.2, -0.15) is 13.2 Å². The zero-order valence-electron chi connectivity index (χ0n) is 10.8. The monoisotopic (exact) mass is 297 g/mol. The standard InChI is InChI=1S/C14H10F3NO3/c1-21-12-10(13(19)20)6-8(7-18-12)9-4-2-3-5-11(9)14(15,16)17/h2-7H,1H3,(H,19,20). The van der Waals surface area contributed by atoms with Crippen molar-refractivity contribution in [3.8, 4) is 17.0 Å². The van der Waals surface area contributed by atoms with Gasteiger partial charge < -0.3 is 9.84 Å². The Morgan fingerprint density at radius 1 is 1.29 bits per heavy atom. The maximum absolute atomic E-state index is 13.0. The van der Waals surface area contributed by atoms with Crippen molar-refractivity contribution in [2.45, 2.75) is 6.18 Å². The quantitative estimate of drug-likeness (QED) is 0.942. The summed E-state index contributed by atoms with van der Waals surface area (Å²) in [4.78, 5) is 14.9. The van der Waals surface area contributed by atoms with E-state index in [1.807, 2.05) is 0 Å². The van der Waals surface area contributed by atoms with E-state index in [2.05, 4.69) is 4.98 Å². The van der Waals surface area contributed by atoms with E-state index in [0.717, 1.165) is 18.3 Å². The summed E-state index contributed by atoms with van der Waals surface area (Å²) in [5.74, 6) is -1.48. The van der Waals surface area contributed by atoms with Crippen LogP contribution in [0, 0.1) is 0 Å². The lowest BCUT2D eigenvalue weighted by atomic mass is 9.99. The number of carbonyl (C=O) groups is 1. The van der Waals surface area contributed by atoms with Crippen molar-refractivity contribution < 1.29 is 27.8 Å². The van der Waals surface area contributed by atoms with Gasteiger partial charge in [0.25, 0.3) is 0 Å². The Kier molecular flexibility index (Phi) is 3.84. The smallest absolute Gasteiger partial charge is 0.417 e. The normalized spacial score (nSPS) is 11.2. The fourth-order valence-electron chi connectivity index (χ4n) is 1.90. The second-order valence-corrected chi connectivity index (χ2v) is 4.13. The molecule has 4 nitrogen and oxygen atoms in total. The number of aromatic nitrogens is 1. The van der Waals surface area contributed by atoms with Crippen molar-refractivity contribution in [2.24, 2.45) is 0 Å². The summed E-state index contributed by atoms with van der Waals surface area (Å²) in [6.07, 6.45) is -3.39. The summed E-state index contributed by atoms with van der Waals surface area (Å²) in [7, 11) is 1.23. The molecule has 1 heterocycles. The topological polar surface area (TPSA) is 59.4 Å². The van der Waals surface area contributed by atoms with Crippen molar-refractivity contribution in [3.63, 3.8) is 0 Å². The molecule has 1 aromatic carbocycles. The molecular formula is C14H10F3NO3. The molecule has 0 bridgehead atoms. The van der Waals surface area contributed by atoms with Gasteiger partial charge in [-0.25, -0.2) is 9.78 Å². The third-order valence-electron chi connectivity index (χ3n) is 2.82. The van der Waals surface area contributed by atoms with Crippen LogP contribution in [0.5, 0.6) is 5.88 Å². The first kappa shape index (κ1) is 14.8. The minimum Gasteiger partial charge on any atom is -0.480 e. The van der Waals surface area contributed by atoms with Crippen LogP contribution in [-0.4, -0.2) is 23.2 Å². The number of carboxylic acid groups (broad SMARTS) is 1. The maximum Gasteiger partial charge on any atom is 0.417 e. The van der Waals surface area contributed by atoms with E-state index in [0.29, 0.717) is 0 Å². The van der Waals surface area contributed by atoms with Gasteiger partial charge >= 0.3 is 12.1 Å². The zero-order chi connectivity index (χ0) is 15.6. The number of ether oxygens (including phenoxy) is 1. The highest BCUT2D eigenvalue weighted by molar-refractivity contribution is 5.92. The van der Waals surface area contributed by atoms with Gasteiger partial charge in [-0.15, -0.1) is 0 Å². The number of pyridine rings is 1. The van der Waals surface area contributed by atoms with Crippen LogP contribution in [0.1, 0.15) is 15.9 Å². The predicted octanol–water partition coefficient (Wildman–Crippen LogP) is 3.47. The maximum atomic E-state index is 13.0. The molecule has 1 N–H and O–H groups in total. The fourth-order valence-corrected chi connectivity index (χ4v) is 1.90. The Bertz CT molecular complexity index is 683. The number of carboxylic acids is 1. The molecule has 0 aliphatic rings. The van der Waals surface area contributed by atoms with Crippen LogP contribution in [-0.2, 0) is 6.18 Å². The summed E-state index contributed by atoms with van der Waals surface area (Å²) in [6, 6.07) is 6.01. The molecule has 0 saturated heterocycles. The summed E-state index contributed by atoms with van der Waals surface area (Å²) in [5.41, 5.74) is -1.23. The highest BCUT2D eigenvalue weighted by Crippen LogP contribution is 2.37. The molecule has 0 aliphatic carbocycles. The van der Waals surface area contributed by atoms with Crippen LogP contribution in [0.4, 0.5) is 13.2 Å². The number of nitrogens with zero attached hydrogens (tertiary/aromatic N) is 1. The number of hydrogen-bond donors (Lipinski definition) is 1. The summed E-state index contributed by atoms with van der Waals surface area (Å²) in [6.45, 7) is 0. The summed E-state index contributed by atoms with van der Waals surface area (Å²) in [5, 5.41) is 9.06. The fraction of sp³-hybridized carbons (Fsp3) is 0.143. The number of methoxy groups -OCH3 is 1. The second-order valence-electron chi connectivity index (χ2n) is 4.13. The van der Waals surface area contributed by atoms with Crippen molar-refractivity contribution in [2.75, 3.05) is 7.11 Å². The molecule has 2 aromatic rings. The van der Waals surface area contributed by atoms with Crippen LogP contribution in [0.25, 0.3) is 11.1 Å². The lowest BCUT2D eigenvalue weighted by Crippen LogP contribution is -2.08. The molecule has 0 fully saturated rings. The summed E-state index contributed by atoms with van der Waals surface area (Å²) < 4.78 is 43.7. The molecule has 0 saturated carbocycles. The van der Waals surface area contributed by atoms with E-state index in [1.54, 1.807) is 0 Å². The van der Waals surface area contributed by atoms with Gasteiger partial charge in [0.15, 0.2) is 0 Å². The first-order valence-corrected chi connectivity index (χ1v) is 5.78. The van der Waals surface area contributed by atoms with Crippen LogP contribution in [0.2, 0.25) is 0 Å². The first-order valence-electron chi connectivity index (χ1n) is 5.78. The number of halogens is 3. The minimum absolute atomic E-state index is 0.0566. The van der Waals surface area contributed by atoms with Crippen LogP contribution >= 0.6 is 0 Å². The van der Waals surface area contributed by atoms with Gasteiger partial charge in [0.2, 0.25) is 5.88 Å². The average Bonchev–Trinajstić information content (AvgIpc) is 2.45. The predicted molar refractivity (Wildman–Crippen MR) is 68.2 cm³/mol. The largest absolute Gasteiger partial charge is 0.480 e. The van der Waals surface area contributed by atoms with E-state index in [1.165, 1.54) is 25.3 Å². The molecule has 2 rings (SSSR count). The highest BCUT2D eigenvalue weighted by atomic mass is 19.4. The Morgan fingerprint density at radius 3 is 2.52 bits per heavy atom. The van der Waals surface area contributed by atoms with Crippen molar-refractivity contribution in [3.05, 3.63) is 47.7 Å². The van der Waals surface area contributed by atoms with E-state index in [-0.39, 0.29) is 22.6 Å². The van der Waals surface area contributed by atoms with Crippen LogP contribution in [0.15, 0.2) is 36.5 Å². The van der Waals surface area contributed by atoms with E-state index in [9.17, 15) is 18.0 Å². The van der Waals surface area contributed by atoms with E-state index in [4.69, 9.17) is 9.84 Å².